The average Bonchev–Trinajstić information content (AvgIpc) is 2.83. The fourth-order valence-corrected chi connectivity index (χ4v) is 3.32. The first-order chi connectivity index (χ1) is 8.65. The Morgan fingerprint density at radius 2 is 2.17 bits per heavy atom. The summed E-state index contributed by atoms with van der Waals surface area (Å²) in [6, 6.07) is 5.90. The van der Waals surface area contributed by atoms with Crippen molar-refractivity contribution >= 4 is 0 Å². The molecule has 1 saturated carbocycles. The lowest BCUT2D eigenvalue weighted by molar-refractivity contribution is 0.372. The van der Waals surface area contributed by atoms with Crippen LogP contribution in [-0.2, 0) is 0 Å². The van der Waals surface area contributed by atoms with E-state index in [9.17, 15) is 4.39 Å². The number of aryl methyl sites for hydroxylation is 1. The van der Waals surface area contributed by atoms with Crippen molar-refractivity contribution in [1.82, 2.24) is 5.32 Å². The number of benzene rings is 1. The average molecular weight is 249 g/mol. The van der Waals surface area contributed by atoms with Gasteiger partial charge in [0, 0.05) is 6.04 Å². The van der Waals surface area contributed by atoms with E-state index in [-0.39, 0.29) is 5.82 Å². The highest BCUT2D eigenvalue weighted by molar-refractivity contribution is 5.27. The van der Waals surface area contributed by atoms with Crippen molar-refractivity contribution in [1.29, 1.82) is 0 Å². The van der Waals surface area contributed by atoms with E-state index in [1.807, 2.05) is 26.1 Å². The van der Waals surface area contributed by atoms with Crippen molar-refractivity contribution in [2.75, 3.05) is 7.05 Å². The maximum atomic E-state index is 13.3. The Hall–Kier alpha value is -0.890. The van der Waals surface area contributed by atoms with Crippen molar-refractivity contribution in [3.05, 3.63) is 35.1 Å². The summed E-state index contributed by atoms with van der Waals surface area (Å²) in [5.41, 5.74) is 1.98. The van der Waals surface area contributed by atoms with Crippen LogP contribution in [0.4, 0.5) is 4.39 Å². The minimum absolute atomic E-state index is 0.105. The van der Waals surface area contributed by atoms with Crippen LogP contribution in [0.25, 0.3) is 0 Å². The Balaban J connectivity index is 2.15. The molecule has 1 fully saturated rings. The van der Waals surface area contributed by atoms with Crippen LogP contribution in [0.2, 0.25) is 0 Å². The van der Waals surface area contributed by atoms with E-state index in [0.717, 1.165) is 11.5 Å². The van der Waals surface area contributed by atoms with Crippen LogP contribution >= 0.6 is 0 Å². The van der Waals surface area contributed by atoms with Gasteiger partial charge in [0.15, 0.2) is 0 Å². The Morgan fingerprint density at radius 3 is 2.72 bits per heavy atom. The fraction of sp³-hybridized carbons (Fsp3) is 0.625. The van der Waals surface area contributed by atoms with Gasteiger partial charge in [-0.3, -0.25) is 0 Å². The first-order valence-electron chi connectivity index (χ1n) is 7.09. The summed E-state index contributed by atoms with van der Waals surface area (Å²) in [5, 5.41) is 3.43. The van der Waals surface area contributed by atoms with Crippen molar-refractivity contribution in [2.45, 2.75) is 45.6 Å². The highest BCUT2D eigenvalue weighted by atomic mass is 19.1. The second kappa shape index (κ2) is 5.83. The van der Waals surface area contributed by atoms with Crippen molar-refractivity contribution < 1.29 is 4.39 Å². The van der Waals surface area contributed by atoms with Crippen LogP contribution in [0, 0.1) is 24.6 Å². The summed E-state index contributed by atoms with van der Waals surface area (Å²) in [4.78, 5) is 0. The van der Waals surface area contributed by atoms with Crippen LogP contribution in [0.5, 0.6) is 0 Å². The molecule has 1 nitrogen and oxygen atoms in total. The zero-order valence-electron chi connectivity index (χ0n) is 11.7. The lowest BCUT2D eigenvalue weighted by Gasteiger charge is -2.24. The molecule has 1 aromatic rings. The molecule has 3 atom stereocenters. The minimum Gasteiger partial charge on any atom is -0.313 e. The summed E-state index contributed by atoms with van der Waals surface area (Å²) in [5.74, 6) is 1.48. The first-order valence-corrected chi connectivity index (χ1v) is 7.09. The van der Waals surface area contributed by atoms with E-state index in [1.165, 1.54) is 31.2 Å². The summed E-state index contributed by atoms with van der Waals surface area (Å²) in [7, 11) is 2.02. The highest BCUT2D eigenvalue weighted by Gasteiger charge is 2.30. The molecule has 0 radical (unpaired) electrons. The number of hydrogen-bond acceptors (Lipinski definition) is 1. The van der Waals surface area contributed by atoms with Crippen LogP contribution in [-0.4, -0.2) is 7.05 Å². The second-order valence-corrected chi connectivity index (χ2v) is 5.62. The van der Waals surface area contributed by atoms with E-state index < -0.39 is 0 Å². The lowest BCUT2D eigenvalue weighted by Crippen LogP contribution is -2.24. The summed E-state index contributed by atoms with van der Waals surface area (Å²) in [6.45, 7) is 4.12. The normalized spacial score (nSPS) is 25.3. The van der Waals surface area contributed by atoms with Gasteiger partial charge in [0.25, 0.3) is 0 Å². The lowest BCUT2D eigenvalue weighted by atomic mass is 9.90. The third-order valence-electron chi connectivity index (χ3n) is 4.48. The van der Waals surface area contributed by atoms with Crippen LogP contribution < -0.4 is 5.32 Å². The second-order valence-electron chi connectivity index (χ2n) is 5.62. The molecule has 0 bridgehead atoms. The molecule has 18 heavy (non-hydrogen) atoms. The number of rotatable bonds is 4. The smallest absolute Gasteiger partial charge is 0.126 e. The molecule has 2 rings (SSSR count). The number of halogens is 1. The molecule has 1 N–H and O–H groups in total. The molecule has 1 aliphatic carbocycles. The molecule has 0 saturated heterocycles. The summed E-state index contributed by atoms with van der Waals surface area (Å²) in [6.07, 6.45) is 5.23. The Labute approximate surface area is 110 Å². The Morgan fingerprint density at radius 1 is 1.39 bits per heavy atom. The van der Waals surface area contributed by atoms with Gasteiger partial charge in [0.2, 0.25) is 0 Å². The van der Waals surface area contributed by atoms with Crippen molar-refractivity contribution in [2.24, 2.45) is 11.8 Å². The zero-order chi connectivity index (χ0) is 13.1. The molecule has 0 spiro atoms. The molecule has 100 valence electrons. The standard InChI is InChI=1S/C16H24FN/c1-4-12-5-6-14(10-12)16(18-3)13-7-8-15(17)11(2)9-13/h7-9,12,14,16,18H,4-6,10H2,1-3H3. The molecule has 0 aliphatic heterocycles. The predicted octanol–water partition coefficient (Wildman–Crippen LogP) is 4.22. The zero-order valence-corrected chi connectivity index (χ0v) is 11.7. The summed E-state index contributed by atoms with van der Waals surface area (Å²) >= 11 is 0. The molecule has 0 aromatic heterocycles. The van der Waals surface area contributed by atoms with E-state index >= 15 is 0 Å². The van der Waals surface area contributed by atoms with Gasteiger partial charge in [0.1, 0.15) is 5.82 Å². The predicted molar refractivity (Wildman–Crippen MR) is 74.1 cm³/mol. The summed E-state index contributed by atoms with van der Waals surface area (Å²) < 4.78 is 13.3. The largest absolute Gasteiger partial charge is 0.313 e. The number of nitrogens with one attached hydrogen (secondary N) is 1. The van der Waals surface area contributed by atoms with Gasteiger partial charge in [-0.2, -0.15) is 0 Å². The van der Waals surface area contributed by atoms with Gasteiger partial charge in [-0.05, 0) is 55.8 Å². The van der Waals surface area contributed by atoms with Gasteiger partial charge in [-0.1, -0.05) is 31.9 Å². The molecule has 0 heterocycles. The Bertz CT molecular complexity index is 402. The topological polar surface area (TPSA) is 12.0 Å². The fourth-order valence-electron chi connectivity index (χ4n) is 3.32. The SMILES string of the molecule is CCC1CCC(C(NC)c2ccc(F)c(C)c2)C1. The van der Waals surface area contributed by atoms with E-state index in [2.05, 4.69) is 12.2 Å². The molecule has 1 aliphatic rings. The monoisotopic (exact) mass is 249 g/mol. The third-order valence-corrected chi connectivity index (χ3v) is 4.48. The van der Waals surface area contributed by atoms with Gasteiger partial charge >= 0.3 is 0 Å². The van der Waals surface area contributed by atoms with E-state index in [0.29, 0.717) is 12.0 Å². The van der Waals surface area contributed by atoms with E-state index in [1.54, 1.807) is 6.07 Å². The number of hydrogen-bond donors (Lipinski definition) is 1. The van der Waals surface area contributed by atoms with Crippen LogP contribution in [0.15, 0.2) is 18.2 Å². The van der Waals surface area contributed by atoms with Crippen LogP contribution in [0.1, 0.15) is 49.8 Å². The highest BCUT2D eigenvalue weighted by Crippen LogP contribution is 2.40. The Kier molecular flexibility index (Phi) is 4.39. The van der Waals surface area contributed by atoms with Gasteiger partial charge in [-0.15, -0.1) is 0 Å². The minimum atomic E-state index is -0.105. The van der Waals surface area contributed by atoms with Gasteiger partial charge < -0.3 is 5.32 Å². The molecule has 1 aromatic carbocycles. The van der Waals surface area contributed by atoms with Gasteiger partial charge in [0.05, 0.1) is 0 Å². The molecule has 0 amide bonds. The maximum absolute atomic E-state index is 13.3. The van der Waals surface area contributed by atoms with Crippen molar-refractivity contribution in [3.8, 4) is 0 Å². The third kappa shape index (κ3) is 2.74. The molecule has 2 heteroatoms. The quantitative estimate of drug-likeness (QED) is 0.842. The molecular weight excluding hydrogens is 225 g/mol. The molecular formula is C16H24FN. The molecule has 3 unspecified atom stereocenters. The van der Waals surface area contributed by atoms with E-state index in [4.69, 9.17) is 0 Å². The first kappa shape index (κ1) is 13.5. The van der Waals surface area contributed by atoms with Gasteiger partial charge in [-0.25, -0.2) is 4.39 Å². The van der Waals surface area contributed by atoms with Crippen molar-refractivity contribution in [3.63, 3.8) is 0 Å². The van der Waals surface area contributed by atoms with Crippen LogP contribution in [0.3, 0.4) is 0 Å². The maximum Gasteiger partial charge on any atom is 0.126 e.